The molecule has 1 atom stereocenters. The van der Waals surface area contributed by atoms with E-state index in [1.54, 1.807) is 11.8 Å². The molecule has 0 N–H and O–H groups in total. The molecule has 0 heterocycles. The Kier molecular flexibility index (Phi) is 2.70. The number of thioether (sulfide) groups is 1. The summed E-state index contributed by atoms with van der Waals surface area (Å²) in [5.41, 5.74) is 0.570. The third-order valence-electron chi connectivity index (χ3n) is 2.90. The second kappa shape index (κ2) is 3.86. The Morgan fingerprint density at radius 2 is 1.93 bits per heavy atom. The molecule has 0 bridgehead atoms. The first-order chi connectivity index (χ1) is 7.15. The molecule has 0 radical (unpaired) electrons. The molecule has 78 valence electrons. The molecule has 15 heavy (non-hydrogen) atoms. The Bertz CT molecular complexity index is 405. The summed E-state index contributed by atoms with van der Waals surface area (Å²) < 4.78 is 0. The Morgan fingerprint density at radius 1 is 1.33 bits per heavy atom. The van der Waals surface area contributed by atoms with Gasteiger partial charge in [-0.05, 0) is 31.7 Å². The van der Waals surface area contributed by atoms with Crippen LogP contribution in [-0.2, 0) is 0 Å². The number of ketones is 1. The van der Waals surface area contributed by atoms with Gasteiger partial charge in [-0.1, -0.05) is 24.3 Å². The van der Waals surface area contributed by atoms with Gasteiger partial charge < -0.3 is 0 Å². The first kappa shape index (κ1) is 10.5. The normalized spacial score (nSPS) is 23.6. The Morgan fingerprint density at radius 3 is 2.33 bits per heavy atom. The molecular formula is C13H14OS. The molecule has 1 nitrogen and oxygen atoms in total. The van der Waals surface area contributed by atoms with Crippen molar-refractivity contribution in [2.45, 2.75) is 18.2 Å². The zero-order chi connectivity index (χ0) is 10.9. The van der Waals surface area contributed by atoms with Gasteiger partial charge in [0.25, 0.3) is 0 Å². The van der Waals surface area contributed by atoms with E-state index in [0.717, 1.165) is 12.0 Å². The van der Waals surface area contributed by atoms with E-state index in [-0.39, 0.29) is 11.2 Å². The van der Waals surface area contributed by atoms with E-state index in [2.05, 4.69) is 0 Å². The summed E-state index contributed by atoms with van der Waals surface area (Å²) >= 11 is 1.69. The molecular weight excluding hydrogens is 204 g/mol. The standard InChI is InChI=1S/C13H14OS/c1-13(8-3-9-13)12(14)10-4-6-11(15-2)7-5-10/h3-8H,9H2,1-2H3/t13-/m1/s1. The minimum absolute atomic E-state index is 0.234. The average molecular weight is 218 g/mol. The molecule has 2 rings (SSSR count). The van der Waals surface area contributed by atoms with E-state index in [0.29, 0.717) is 0 Å². The molecule has 1 aliphatic carbocycles. The van der Waals surface area contributed by atoms with Crippen molar-refractivity contribution in [3.63, 3.8) is 0 Å². The third-order valence-corrected chi connectivity index (χ3v) is 3.64. The van der Waals surface area contributed by atoms with E-state index >= 15 is 0 Å². The molecule has 0 amide bonds. The average Bonchev–Trinajstić information content (AvgIpc) is 2.25. The first-order valence-electron chi connectivity index (χ1n) is 5.02. The van der Waals surface area contributed by atoms with E-state index < -0.39 is 0 Å². The van der Waals surface area contributed by atoms with E-state index in [9.17, 15) is 4.79 Å². The number of rotatable bonds is 3. The zero-order valence-electron chi connectivity index (χ0n) is 8.99. The van der Waals surface area contributed by atoms with Gasteiger partial charge in [-0.2, -0.15) is 0 Å². The molecule has 0 fully saturated rings. The highest BCUT2D eigenvalue weighted by Crippen LogP contribution is 2.36. The topological polar surface area (TPSA) is 17.1 Å². The minimum atomic E-state index is -0.249. The van der Waals surface area contributed by atoms with E-state index in [1.165, 1.54) is 4.90 Å². The van der Waals surface area contributed by atoms with E-state index in [4.69, 9.17) is 0 Å². The predicted molar refractivity (Wildman–Crippen MR) is 64.4 cm³/mol. The van der Waals surface area contributed by atoms with Gasteiger partial charge in [-0.3, -0.25) is 4.79 Å². The number of hydrogen-bond donors (Lipinski definition) is 0. The van der Waals surface area contributed by atoms with Crippen LogP contribution in [0.5, 0.6) is 0 Å². The van der Waals surface area contributed by atoms with Gasteiger partial charge in [0.2, 0.25) is 0 Å². The number of carbonyl (C=O) groups excluding carboxylic acids is 1. The largest absolute Gasteiger partial charge is 0.293 e. The third kappa shape index (κ3) is 1.86. The lowest BCUT2D eigenvalue weighted by Crippen LogP contribution is -2.29. The lowest BCUT2D eigenvalue weighted by molar-refractivity contribution is 0.0855. The van der Waals surface area contributed by atoms with E-state index in [1.807, 2.05) is 49.6 Å². The van der Waals surface area contributed by atoms with Crippen molar-refractivity contribution < 1.29 is 4.79 Å². The van der Waals surface area contributed by atoms with Crippen LogP contribution >= 0.6 is 11.8 Å². The number of Topliss-reactive ketones (excluding diaryl/α,β-unsaturated/α-hetero) is 1. The fourth-order valence-electron chi connectivity index (χ4n) is 1.71. The molecule has 0 aromatic heterocycles. The van der Waals surface area contributed by atoms with Gasteiger partial charge in [0.05, 0.1) is 5.41 Å². The number of carbonyl (C=O) groups is 1. The zero-order valence-corrected chi connectivity index (χ0v) is 9.80. The summed E-state index contributed by atoms with van der Waals surface area (Å²) in [7, 11) is 0. The fourth-order valence-corrected chi connectivity index (χ4v) is 2.12. The Hall–Kier alpha value is -1.02. The number of hydrogen-bond acceptors (Lipinski definition) is 2. The summed E-state index contributed by atoms with van der Waals surface area (Å²) in [6.45, 7) is 2.00. The summed E-state index contributed by atoms with van der Waals surface area (Å²) in [6, 6.07) is 7.85. The maximum Gasteiger partial charge on any atom is 0.172 e. The van der Waals surface area contributed by atoms with Crippen molar-refractivity contribution in [2.75, 3.05) is 6.26 Å². The highest BCUT2D eigenvalue weighted by Gasteiger charge is 2.34. The van der Waals surface area contributed by atoms with Crippen LogP contribution in [0.15, 0.2) is 41.3 Å². The van der Waals surface area contributed by atoms with Crippen molar-refractivity contribution in [2.24, 2.45) is 5.41 Å². The van der Waals surface area contributed by atoms with Crippen LogP contribution in [-0.4, -0.2) is 12.0 Å². The van der Waals surface area contributed by atoms with Crippen LogP contribution in [0, 0.1) is 5.41 Å². The van der Waals surface area contributed by atoms with Gasteiger partial charge in [0.1, 0.15) is 0 Å². The monoisotopic (exact) mass is 218 g/mol. The molecule has 1 aromatic carbocycles. The molecule has 0 saturated heterocycles. The predicted octanol–water partition coefficient (Wildman–Crippen LogP) is 3.56. The molecule has 2 heteroatoms. The molecule has 0 spiro atoms. The second-order valence-electron chi connectivity index (χ2n) is 4.08. The van der Waals surface area contributed by atoms with Crippen molar-refractivity contribution in [1.82, 2.24) is 0 Å². The summed E-state index contributed by atoms with van der Waals surface area (Å²) in [5, 5.41) is 0. The van der Waals surface area contributed by atoms with Gasteiger partial charge in [-0.15, -0.1) is 11.8 Å². The number of allylic oxidation sites excluding steroid dienone is 2. The highest BCUT2D eigenvalue weighted by molar-refractivity contribution is 7.98. The van der Waals surface area contributed by atoms with Crippen LogP contribution < -0.4 is 0 Å². The molecule has 0 saturated carbocycles. The van der Waals surface area contributed by atoms with Crippen LogP contribution in [0.2, 0.25) is 0 Å². The number of benzene rings is 1. The molecule has 0 aliphatic heterocycles. The van der Waals surface area contributed by atoms with Gasteiger partial charge in [0, 0.05) is 10.5 Å². The van der Waals surface area contributed by atoms with Crippen molar-refractivity contribution in [1.29, 1.82) is 0 Å². The Labute approximate surface area is 94.6 Å². The smallest absolute Gasteiger partial charge is 0.172 e. The minimum Gasteiger partial charge on any atom is -0.293 e. The van der Waals surface area contributed by atoms with Gasteiger partial charge in [0.15, 0.2) is 5.78 Å². The van der Waals surface area contributed by atoms with Crippen LogP contribution in [0.4, 0.5) is 0 Å². The van der Waals surface area contributed by atoms with Crippen LogP contribution in [0.25, 0.3) is 0 Å². The first-order valence-corrected chi connectivity index (χ1v) is 6.25. The van der Waals surface area contributed by atoms with Crippen molar-refractivity contribution in [3.05, 3.63) is 42.0 Å². The quantitative estimate of drug-likeness (QED) is 0.438. The van der Waals surface area contributed by atoms with Crippen LogP contribution in [0.3, 0.4) is 0 Å². The fraction of sp³-hybridized carbons (Fsp3) is 0.308. The maximum absolute atomic E-state index is 12.1. The SMILES string of the molecule is CSc1ccc(C(=O)[C@]2(C)C=CC2)cc1. The summed E-state index contributed by atoms with van der Waals surface area (Å²) in [4.78, 5) is 13.3. The molecule has 1 aromatic rings. The lowest BCUT2D eigenvalue weighted by atomic mass is 9.73. The lowest BCUT2D eigenvalue weighted by Gasteiger charge is -2.29. The van der Waals surface area contributed by atoms with Gasteiger partial charge in [-0.25, -0.2) is 0 Å². The molecule has 0 unspecified atom stereocenters. The van der Waals surface area contributed by atoms with Crippen LogP contribution in [0.1, 0.15) is 23.7 Å². The molecule has 1 aliphatic rings. The van der Waals surface area contributed by atoms with Crippen molar-refractivity contribution in [3.8, 4) is 0 Å². The summed E-state index contributed by atoms with van der Waals surface area (Å²) in [5.74, 6) is 0.234. The highest BCUT2D eigenvalue weighted by atomic mass is 32.2. The summed E-state index contributed by atoms with van der Waals surface area (Å²) in [6.07, 6.45) is 6.95. The van der Waals surface area contributed by atoms with Crippen molar-refractivity contribution >= 4 is 17.5 Å². The maximum atomic E-state index is 12.1. The second-order valence-corrected chi connectivity index (χ2v) is 4.96. The van der Waals surface area contributed by atoms with Gasteiger partial charge >= 0.3 is 0 Å². The Balaban J connectivity index is 2.23.